The molecule has 1 aromatic carbocycles. The molecule has 1 N–H and O–H groups in total. The highest BCUT2D eigenvalue weighted by molar-refractivity contribution is 9.10. The maximum atomic E-state index is 5.55. The van der Waals surface area contributed by atoms with Crippen molar-refractivity contribution in [2.45, 2.75) is 26.2 Å². The molecule has 0 amide bonds. The first kappa shape index (κ1) is 15.8. The van der Waals surface area contributed by atoms with E-state index in [1.807, 2.05) is 6.07 Å². The summed E-state index contributed by atoms with van der Waals surface area (Å²) in [6.45, 7) is 6.01. The van der Waals surface area contributed by atoms with E-state index in [4.69, 9.17) is 9.47 Å². The fourth-order valence-electron chi connectivity index (χ4n) is 2.86. The van der Waals surface area contributed by atoms with E-state index in [0.29, 0.717) is 5.41 Å². The zero-order valence-corrected chi connectivity index (χ0v) is 14.0. The van der Waals surface area contributed by atoms with Crippen molar-refractivity contribution >= 4 is 15.9 Å². The van der Waals surface area contributed by atoms with Crippen LogP contribution in [0.1, 0.15) is 25.3 Å². The summed E-state index contributed by atoms with van der Waals surface area (Å²) in [5, 5.41) is 3.52. The molecule has 1 heterocycles. The van der Waals surface area contributed by atoms with E-state index in [9.17, 15) is 0 Å². The highest BCUT2D eigenvalue weighted by Crippen LogP contribution is 2.35. The second kappa shape index (κ2) is 7.43. The smallest absolute Gasteiger partial charge is 0.133 e. The number of hydrogen-bond donors (Lipinski definition) is 1. The predicted molar refractivity (Wildman–Crippen MR) is 85.4 cm³/mol. The molecule has 0 radical (unpaired) electrons. The van der Waals surface area contributed by atoms with Crippen molar-refractivity contribution in [3.05, 3.63) is 28.2 Å². The van der Waals surface area contributed by atoms with Gasteiger partial charge < -0.3 is 14.8 Å². The minimum absolute atomic E-state index is 0.322. The average molecular weight is 342 g/mol. The molecule has 1 aliphatic rings. The summed E-state index contributed by atoms with van der Waals surface area (Å²) in [6.07, 6.45) is 3.35. The highest BCUT2D eigenvalue weighted by Gasteiger charge is 2.32. The summed E-state index contributed by atoms with van der Waals surface area (Å²) in [4.78, 5) is 0. The quantitative estimate of drug-likeness (QED) is 0.859. The molecular formula is C16H24BrNO2. The van der Waals surface area contributed by atoms with Crippen molar-refractivity contribution in [1.82, 2.24) is 5.32 Å². The third-order valence-electron chi connectivity index (χ3n) is 4.10. The van der Waals surface area contributed by atoms with E-state index in [1.54, 1.807) is 7.11 Å². The molecule has 1 aliphatic heterocycles. The topological polar surface area (TPSA) is 30.5 Å². The Morgan fingerprint density at radius 3 is 2.70 bits per heavy atom. The largest absolute Gasteiger partial charge is 0.496 e. The Labute approximate surface area is 130 Å². The first-order valence-corrected chi connectivity index (χ1v) is 8.09. The Kier molecular flexibility index (Phi) is 5.87. The molecule has 1 aromatic rings. The SMILES string of the molecule is CCNCC1(Cc2ccc(OC)c(Br)c2)CCOCC1. The Morgan fingerprint density at radius 2 is 2.10 bits per heavy atom. The Bertz CT molecular complexity index is 430. The van der Waals surface area contributed by atoms with Crippen LogP contribution in [0.2, 0.25) is 0 Å². The maximum Gasteiger partial charge on any atom is 0.133 e. The van der Waals surface area contributed by atoms with Crippen LogP contribution < -0.4 is 10.1 Å². The van der Waals surface area contributed by atoms with Gasteiger partial charge in [0, 0.05) is 19.8 Å². The average Bonchev–Trinajstić information content (AvgIpc) is 2.46. The number of nitrogens with one attached hydrogen (secondary N) is 1. The van der Waals surface area contributed by atoms with Gasteiger partial charge in [0.15, 0.2) is 0 Å². The molecule has 0 aromatic heterocycles. The summed E-state index contributed by atoms with van der Waals surface area (Å²) < 4.78 is 11.9. The third-order valence-corrected chi connectivity index (χ3v) is 4.72. The molecule has 4 heteroatoms. The van der Waals surface area contributed by atoms with Crippen molar-refractivity contribution in [1.29, 1.82) is 0 Å². The lowest BCUT2D eigenvalue weighted by Crippen LogP contribution is -2.40. The van der Waals surface area contributed by atoms with Crippen LogP contribution in [0.15, 0.2) is 22.7 Å². The van der Waals surface area contributed by atoms with Gasteiger partial charge in [-0.25, -0.2) is 0 Å². The monoisotopic (exact) mass is 341 g/mol. The molecule has 0 saturated carbocycles. The van der Waals surface area contributed by atoms with Crippen molar-refractivity contribution < 1.29 is 9.47 Å². The van der Waals surface area contributed by atoms with Crippen LogP contribution in [0.4, 0.5) is 0 Å². The lowest BCUT2D eigenvalue weighted by Gasteiger charge is -2.37. The number of ether oxygens (including phenoxy) is 2. The van der Waals surface area contributed by atoms with Crippen molar-refractivity contribution in [3.63, 3.8) is 0 Å². The summed E-state index contributed by atoms with van der Waals surface area (Å²) >= 11 is 3.58. The van der Waals surface area contributed by atoms with E-state index in [0.717, 1.165) is 55.8 Å². The number of hydrogen-bond acceptors (Lipinski definition) is 3. The molecule has 0 spiro atoms. The predicted octanol–water partition coefficient (Wildman–Crippen LogP) is 3.41. The van der Waals surface area contributed by atoms with E-state index in [2.05, 4.69) is 40.3 Å². The van der Waals surface area contributed by atoms with Crippen LogP contribution in [0.5, 0.6) is 5.75 Å². The van der Waals surface area contributed by atoms with Crippen LogP contribution in [0.25, 0.3) is 0 Å². The van der Waals surface area contributed by atoms with Gasteiger partial charge in [0.05, 0.1) is 11.6 Å². The van der Waals surface area contributed by atoms with Gasteiger partial charge in [-0.3, -0.25) is 0 Å². The van der Waals surface area contributed by atoms with Gasteiger partial charge in [0.25, 0.3) is 0 Å². The minimum Gasteiger partial charge on any atom is -0.496 e. The van der Waals surface area contributed by atoms with E-state index < -0.39 is 0 Å². The molecule has 0 unspecified atom stereocenters. The fraction of sp³-hybridized carbons (Fsp3) is 0.625. The first-order chi connectivity index (χ1) is 9.69. The molecule has 0 atom stereocenters. The van der Waals surface area contributed by atoms with Crippen LogP contribution in [-0.2, 0) is 11.2 Å². The van der Waals surface area contributed by atoms with Crippen LogP contribution >= 0.6 is 15.9 Å². The molecular weight excluding hydrogens is 318 g/mol. The standard InChI is InChI=1S/C16H24BrNO2/c1-3-18-12-16(6-8-20-9-7-16)11-13-4-5-15(19-2)14(17)10-13/h4-5,10,18H,3,6-9,11-12H2,1-2H3. The van der Waals surface area contributed by atoms with Gasteiger partial charge in [0.2, 0.25) is 0 Å². The summed E-state index contributed by atoms with van der Waals surface area (Å²) in [5.41, 5.74) is 1.68. The lowest BCUT2D eigenvalue weighted by atomic mass is 9.75. The Hall–Kier alpha value is -0.580. The van der Waals surface area contributed by atoms with Crippen LogP contribution in [0, 0.1) is 5.41 Å². The van der Waals surface area contributed by atoms with Crippen LogP contribution in [-0.4, -0.2) is 33.4 Å². The molecule has 3 nitrogen and oxygen atoms in total. The maximum absolute atomic E-state index is 5.55. The molecule has 0 aliphatic carbocycles. The zero-order chi connectivity index (χ0) is 14.4. The molecule has 20 heavy (non-hydrogen) atoms. The molecule has 1 fully saturated rings. The van der Waals surface area contributed by atoms with Gasteiger partial charge in [-0.15, -0.1) is 0 Å². The number of halogens is 1. The van der Waals surface area contributed by atoms with Crippen molar-refractivity contribution in [2.24, 2.45) is 5.41 Å². The van der Waals surface area contributed by atoms with Gasteiger partial charge in [-0.05, 0) is 64.8 Å². The molecule has 0 bridgehead atoms. The van der Waals surface area contributed by atoms with Crippen molar-refractivity contribution in [2.75, 3.05) is 33.4 Å². The van der Waals surface area contributed by atoms with Gasteiger partial charge in [0.1, 0.15) is 5.75 Å². The molecule has 112 valence electrons. The first-order valence-electron chi connectivity index (χ1n) is 7.30. The van der Waals surface area contributed by atoms with E-state index >= 15 is 0 Å². The lowest BCUT2D eigenvalue weighted by molar-refractivity contribution is 0.0152. The van der Waals surface area contributed by atoms with Gasteiger partial charge in [-0.2, -0.15) is 0 Å². The summed E-state index contributed by atoms with van der Waals surface area (Å²) in [5.74, 6) is 0.890. The van der Waals surface area contributed by atoms with Gasteiger partial charge in [-0.1, -0.05) is 13.0 Å². The third kappa shape index (κ3) is 3.96. The fourth-order valence-corrected chi connectivity index (χ4v) is 3.45. The summed E-state index contributed by atoms with van der Waals surface area (Å²) in [6, 6.07) is 6.40. The Balaban J connectivity index is 2.12. The Morgan fingerprint density at radius 1 is 1.35 bits per heavy atom. The highest BCUT2D eigenvalue weighted by atomic mass is 79.9. The minimum atomic E-state index is 0.322. The number of rotatable bonds is 6. The summed E-state index contributed by atoms with van der Waals surface area (Å²) in [7, 11) is 1.70. The number of benzene rings is 1. The second-order valence-corrected chi connectivity index (χ2v) is 6.39. The molecule has 2 rings (SSSR count). The normalized spacial score (nSPS) is 17.9. The van der Waals surface area contributed by atoms with Gasteiger partial charge >= 0.3 is 0 Å². The van der Waals surface area contributed by atoms with E-state index in [1.165, 1.54) is 5.56 Å². The molecule has 1 saturated heterocycles. The number of methoxy groups -OCH3 is 1. The van der Waals surface area contributed by atoms with E-state index in [-0.39, 0.29) is 0 Å². The zero-order valence-electron chi connectivity index (χ0n) is 12.4. The van der Waals surface area contributed by atoms with Crippen molar-refractivity contribution in [3.8, 4) is 5.75 Å². The second-order valence-electron chi connectivity index (χ2n) is 5.54. The van der Waals surface area contributed by atoms with Crippen LogP contribution in [0.3, 0.4) is 0 Å².